The number of hydrogen-bond donors (Lipinski definition) is 2. The van der Waals surface area contributed by atoms with Crippen LogP contribution in [0, 0.1) is 11.6 Å². The average Bonchev–Trinajstić information content (AvgIpc) is 2.88. The number of nitrogens with one attached hydrogen (secondary N) is 2. The van der Waals surface area contributed by atoms with Crippen molar-refractivity contribution >= 4 is 11.6 Å². The molecule has 2 N–H and O–H groups in total. The lowest BCUT2D eigenvalue weighted by molar-refractivity contribution is -0.117. The molecule has 0 fully saturated rings. The highest BCUT2D eigenvalue weighted by molar-refractivity contribution is 5.94. The van der Waals surface area contributed by atoms with E-state index in [9.17, 15) is 18.4 Å². The first-order chi connectivity index (χ1) is 17.3. The van der Waals surface area contributed by atoms with Crippen molar-refractivity contribution in [1.82, 2.24) is 14.9 Å². The van der Waals surface area contributed by atoms with Gasteiger partial charge in [-0.1, -0.05) is 0 Å². The number of rotatable bonds is 8. The van der Waals surface area contributed by atoms with E-state index in [0.29, 0.717) is 28.3 Å². The van der Waals surface area contributed by atoms with Crippen molar-refractivity contribution in [1.29, 1.82) is 0 Å². The minimum atomic E-state index is -0.501. The summed E-state index contributed by atoms with van der Waals surface area (Å²) in [7, 11) is 1.65. The summed E-state index contributed by atoms with van der Waals surface area (Å²) in [6.45, 7) is 1.78. The van der Waals surface area contributed by atoms with E-state index in [2.05, 4.69) is 15.6 Å². The Bertz CT molecular complexity index is 1420. The number of halogens is 2. The van der Waals surface area contributed by atoms with Gasteiger partial charge in [0.15, 0.2) is 0 Å². The molecule has 4 aromatic rings. The van der Waals surface area contributed by atoms with E-state index in [1.54, 1.807) is 44.4 Å². The van der Waals surface area contributed by atoms with Gasteiger partial charge in [-0.3, -0.25) is 14.6 Å². The molecule has 1 atom stereocenters. The van der Waals surface area contributed by atoms with E-state index in [4.69, 9.17) is 4.74 Å². The maximum atomic E-state index is 13.5. The first kappa shape index (κ1) is 24.7. The molecule has 0 aliphatic carbocycles. The van der Waals surface area contributed by atoms with Crippen LogP contribution < -0.4 is 20.9 Å². The van der Waals surface area contributed by atoms with Gasteiger partial charge in [0, 0.05) is 6.20 Å². The minimum absolute atomic E-state index is 0.102. The maximum Gasteiger partial charge on any atom is 0.275 e. The Labute approximate surface area is 206 Å². The fraction of sp³-hybridized carbons (Fsp3) is 0.148. The molecular formula is C27H24F2N4O3. The monoisotopic (exact) mass is 490 g/mol. The average molecular weight is 491 g/mol. The third kappa shape index (κ3) is 5.81. The predicted molar refractivity (Wildman–Crippen MR) is 133 cm³/mol. The first-order valence-electron chi connectivity index (χ1n) is 11.2. The van der Waals surface area contributed by atoms with Gasteiger partial charge in [-0.25, -0.2) is 8.78 Å². The van der Waals surface area contributed by atoms with Gasteiger partial charge >= 0.3 is 0 Å². The second kappa shape index (κ2) is 10.9. The molecule has 2 aromatic heterocycles. The topological polar surface area (TPSA) is 85.2 Å². The first-order valence-corrected chi connectivity index (χ1v) is 11.2. The zero-order chi connectivity index (χ0) is 25.7. The normalized spacial score (nSPS) is 11.7. The van der Waals surface area contributed by atoms with Crippen LogP contribution >= 0.6 is 0 Å². The highest BCUT2D eigenvalue weighted by Gasteiger charge is 2.16. The van der Waals surface area contributed by atoms with Crippen LogP contribution in [0.2, 0.25) is 0 Å². The predicted octanol–water partition coefficient (Wildman–Crippen LogP) is 4.58. The summed E-state index contributed by atoms with van der Waals surface area (Å²) < 4.78 is 34.0. The number of nitrogens with zero attached hydrogens (tertiary/aromatic N) is 2. The lowest BCUT2D eigenvalue weighted by atomic mass is 10.1. The molecule has 2 heterocycles. The highest BCUT2D eigenvalue weighted by Crippen LogP contribution is 2.24. The Morgan fingerprint density at radius 3 is 2.31 bits per heavy atom. The van der Waals surface area contributed by atoms with Crippen molar-refractivity contribution in [2.24, 2.45) is 0 Å². The van der Waals surface area contributed by atoms with Crippen LogP contribution in [0.4, 0.5) is 14.5 Å². The summed E-state index contributed by atoms with van der Waals surface area (Å²) in [5.41, 5.74) is 1.48. The van der Waals surface area contributed by atoms with Gasteiger partial charge in [0.1, 0.15) is 28.8 Å². The number of benzene rings is 2. The van der Waals surface area contributed by atoms with Crippen LogP contribution in [0.5, 0.6) is 11.5 Å². The van der Waals surface area contributed by atoms with Crippen molar-refractivity contribution in [3.8, 4) is 22.8 Å². The Morgan fingerprint density at radius 1 is 0.972 bits per heavy atom. The number of pyridine rings is 2. The van der Waals surface area contributed by atoms with Gasteiger partial charge in [0.2, 0.25) is 5.91 Å². The third-order valence-corrected chi connectivity index (χ3v) is 5.56. The van der Waals surface area contributed by atoms with E-state index in [-0.39, 0.29) is 24.0 Å². The number of hydrogen-bond acceptors (Lipinski definition) is 5. The molecule has 7 nitrogen and oxygen atoms in total. The van der Waals surface area contributed by atoms with E-state index in [0.717, 1.165) is 0 Å². The van der Waals surface area contributed by atoms with Gasteiger partial charge in [0.25, 0.3) is 5.56 Å². The number of ether oxygens (including phenoxy) is 1. The van der Waals surface area contributed by atoms with Gasteiger partial charge in [-0.15, -0.1) is 0 Å². The molecule has 0 saturated carbocycles. The molecule has 0 saturated heterocycles. The molecule has 0 bridgehead atoms. The molecule has 1 amide bonds. The van der Waals surface area contributed by atoms with Crippen LogP contribution in [0.1, 0.15) is 12.5 Å². The molecule has 184 valence electrons. The van der Waals surface area contributed by atoms with Gasteiger partial charge in [-0.05, 0) is 91.8 Å². The van der Waals surface area contributed by atoms with Crippen LogP contribution in [-0.4, -0.2) is 28.5 Å². The Morgan fingerprint density at radius 2 is 1.64 bits per heavy atom. The summed E-state index contributed by atoms with van der Waals surface area (Å²) in [4.78, 5) is 30.0. The van der Waals surface area contributed by atoms with Crippen LogP contribution in [0.15, 0.2) is 83.9 Å². The zero-order valence-corrected chi connectivity index (χ0v) is 19.7. The molecule has 0 aliphatic rings. The maximum absolute atomic E-state index is 13.5. The summed E-state index contributed by atoms with van der Waals surface area (Å²) in [5.74, 6) is -0.289. The third-order valence-electron chi connectivity index (χ3n) is 5.56. The molecule has 0 radical (unpaired) electrons. The molecule has 1 unspecified atom stereocenters. The zero-order valence-electron chi connectivity index (χ0n) is 19.7. The Kier molecular flexibility index (Phi) is 7.50. The van der Waals surface area contributed by atoms with E-state index >= 15 is 0 Å². The lowest BCUT2D eigenvalue weighted by Gasteiger charge is -2.17. The molecule has 4 rings (SSSR count). The fourth-order valence-corrected chi connectivity index (χ4v) is 3.50. The molecule has 9 heteroatoms. The molecule has 2 aromatic carbocycles. The van der Waals surface area contributed by atoms with Crippen LogP contribution in [-0.2, 0) is 11.3 Å². The van der Waals surface area contributed by atoms with E-state index < -0.39 is 17.4 Å². The molecule has 0 spiro atoms. The number of anilines is 1. The Balaban J connectivity index is 1.70. The van der Waals surface area contributed by atoms with E-state index in [1.807, 2.05) is 0 Å². The smallest absolute Gasteiger partial charge is 0.275 e. The van der Waals surface area contributed by atoms with Crippen LogP contribution in [0.25, 0.3) is 11.3 Å². The van der Waals surface area contributed by atoms with Crippen molar-refractivity contribution in [3.63, 3.8) is 0 Å². The number of likely N-dealkylation sites (N-methyl/N-ethyl adjacent to an activating group) is 1. The summed E-state index contributed by atoms with van der Waals surface area (Å²) in [6, 6.07) is 15.8. The van der Waals surface area contributed by atoms with Crippen molar-refractivity contribution in [2.75, 3.05) is 12.4 Å². The van der Waals surface area contributed by atoms with Crippen molar-refractivity contribution in [2.45, 2.75) is 19.5 Å². The number of aromatic nitrogens is 2. The Hall–Kier alpha value is -4.37. The van der Waals surface area contributed by atoms with Crippen molar-refractivity contribution in [3.05, 3.63) is 107 Å². The lowest BCUT2D eigenvalue weighted by Crippen LogP contribution is -2.37. The number of carbonyl (C=O) groups excluding carboxylic acids is 1. The summed E-state index contributed by atoms with van der Waals surface area (Å²) >= 11 is 0. The minimum Gasteiger partial charge on any atom is -0.456 e. The highest BCUT2D eigenvalue weighted by atomic mass is 19.1. The summed E-state index contributed by atoms with van der Waals surface area (Å²) in [6.07, 6.45) is 3.10. The van der Waals surface area contributed by atoms with Crippen LogP contribution in [0.3, 0.4) is 0 Å². The second-order valence-electron chi connectivity index (χ2n) is 8.11. The molecular weight excluding hydrogens is 466 g/mol. The van der Waals surface area contributed by atoms with Crippen molar-refractivity contribution < 1.29 is 18.3 Å². The number of carbonyl (C=O) groups is 1. The van der Waals surface area contributed by atoms with E-state index in [1.165, 1.54) is 53.2 Å². The van der Waals surface area contributed by atoms with Gasteiger partial charge in [-0.2, -0.15) is 0 Å². The number of amides is 1. The SMILES string of the molecule is CNC(C)C(=O)Nc1ccc(-c2ccc(F)cc2)n(Cc2cncc(Oc3ccc(F)cc3)c2)c1=O. The van der Waals surface area contributed by atoms with Gasteiger partial charge < -0.3 is 19.9 Å². The fourth-order valence-electron chi connectivity index (χ4n) is 3.50. The quantitative estimate of drug-likeness (QED) is 0.378. The van der Waals surface area contributed by atoms with Gasteiger partial charge in [0.05, 0.1) is 24.5 Å². The second-order valence-corrected chi connectivity index (χ2v) is 8.11. The standard InChI is InChI=1S/C27H24F2N4O3/c1-17(30-2)26(34)32-24-11-12-25(19-3-5-20(28)6-4-19)33(27(24)35)16-18-13-23(15-31-14-18)36-22-9-7-21(29)8-10-22/h3-15,17,30H,16H2,1-2H3,(H,32,34). The largest absolute Gasteiger partial charge is 0.456 e. The molecule has 36 heavy (non-hydrogen) atoms. The molecule has 0 aliphatic heterocycles. The summed E-state index contributed by atoms with van der Waals surface area (Å²) in [5, 5.41) is 5.49.